The Bertz CT molecular complexity index is 1600. The molecule has 13 heteroatoms. The number of sulfonamides is 2. The zero-order chi connectivity index (χ0) is 29.1. The molecular formula is C27H31N3O8S2. The lowest BCUT2D eigenvalue weighted by Crippen LogP contribution is -2.48. The molecule has 1 heterocycles. The highest BCUT2D eigenvalue weighted by Gasteiger charge is 2.32. The van der Waals surface area contributed by atoms with E-state index in [1.165, 1.54) is 61.0 Å². The Kier molecular flexibility index (Phi) is 8.68. The van der Waals surface area contributed by atoms with E-state index >= 15 is 0 Å². The molecule has 1 amide bonds. The quantitative estimate of drug-likeness (QED) is 0.386. The fraction of sp³-hybridized carbons (Fsp3) is 0.296. The predicted octanol–water partition coefficient (Wildman–Crippen LogP) is 3.55. The SMILES string of the molecule is COc1ccc(S(=O)(=O)Nc2ccccc2OC)cc1NC(=O)c1cccc(S(=O)(=O)N2C[C@H](C)O[C@@H](C)C2)c1. The number of hydrogen-bond donors (Lipinski definition) is 2. The molecule has 1 aliphatic rings. The zero-order valence-electron chi connectivity index (χ0n) is 22.4. The van der Waals surface area contributed by atoms with Gasteiger partial charge in [0.15, 0.2) is 0 Å². The van der Waals surface area contributed by atoms with Gasteiger partial charge >= 0.3 is 0 Å². The van der Waals surface area contributed by atoms with Crippen molar-refractivity contribution in [2.75, 3.05) is 37.3 Å². The lowest BCUT2D eigenvalue weighted by atomic mass is 10.2. The van der Waals surface area contributed by atoms with Crippen LogP contribution in [-0.2, 0) is 24.8 Å². The van der Waals surface area contributed by atoms with Crippen LogP contribution >= 0.6 is 0 Å². The number of nitrogens with one attached hydrogen (secondary N) is 2. The highest BCUT2D eigenvalue weighted by atomic mass is 32.2. The number of carbonyl (C=O) groups excluding carboxylic acids is 1. The maximum Gasteiger partial charge on any atom is 0.262 e. The van der Waals surface area contributed by atoms with E-state index in [1.54, 1.807) is 38.1 Å². The molecule has 0 aromatic heterocycles. The van der Waals surface area contributed by atoms with E-state index < -0.39 is 26.0 Å². The van der Waals surface area contributed by atoms with Crippen LogP contribution in [0.4, 0.5) is 11.4 Å². The normalized spacial score (nSPS) is 18.1. The van der Waals surface area contributed by atoms with Gasteiger partial charge in [-0.2, -0.15) is 4.31 Å². The molecule has 2 atom stereocenters. The summed E-state index contributed by atoms with van der Waals surface area (Å²) in [4.78, 5) is 13.0. The first-order valence-electron chi connectivity index (χ1n) is 12.4. The second kappa shape index (κ2) is 11.8. The number of hydrogen-bond acceptors (Lipinski definition) is 8. The first-order valence-corrected chi connectivity index (χ1v) is 15.3. The van der Waals surface area contributed by atoms with Gasteiger partial charge in [0.2, 0.25) is 10.0 Å². The standard InChI is InChI=1S/C27H31N3O8S2/c1-18-16-30(17-19(2)38-18)40(34,35)22-9-7-8-20(14-22)27(31)28-24-15-21(12-13-26(24)37-4)39(32,33)29-23-10-5-6-11-25(23)36-3/h5-15,18-19,29H,16-17H2,1-4H3,(H,28,31)/t18-,19-/m0/s1. The second-order valence-corrected chi connectivity index (χ2v) is 12.8. The summed E-state index contributed by atoms with van der Waals surface area (Å²) in [6.45, 7) is 4.00. The summed E-state index contributed by atoms with van der Waals surface area (Å²) in [6, 6.07) is 16.2. The van der Waals surface area contributed by atoms with Crippen molar-refractivity contribution < 1.29 is 35.8 Å². The van der Waals surface area contributed by atoms with Crippen LogP contribution in [0, 0.1) is 0 Å². The number of anilines is 2. The largest absolute Gasteiger partial charge is 0.495 e. The highest BCUT2D eigenvalue weighted by Crippen LogP contribution is 2.31. The van der Waals surface area contributed by atoms with Crippen molar-refractivity contribution in [3.05, 3.63) is 72.3 Å². The van der Waals surface area contributed by atoms with Gasteiger partial charge in [0.1, 0.15) is 11.5 Å². The average Bonchev–Trinajstić information content (AvgIpc) is 2.92. The van der Waals surface area contributed by atoms with E-state index in [0.717, 1.165) is 0 Å². The summed E-state index contributed by atoms with van der Waals surface area (Å²) in [6.07, 6.45) is -0.531. The van der Waals surface area contributed by atoms with E-state index in [1.807, 2.05) is 0 Å². The number of benzene rings is 3. The van der Waals surface area contributed by atoms with Crippen LogP contribution in [0.15, 0.2) is 76.5 Å². The zero-order valence-corrected chi connectivity index (χ0v) is 24.1. The number of para-hydroxylation sites is 2. The van der Waals surface area contributed by atoms with Gasteiger partial charge in [-0.25, -0.2) is 16.8 Å². The minimum absolute atomic E-state index is 0.0363. The summed E-state index contributed by atoms with van der Waals surface area (Å²) in [5.74, 6) is -0.0973. The number of carbonyl (C=O) groups is 1. The lowest BCUT2D eigenvalue weighted by molar-refractivity contribution is -0.0440. The third-order valence-electron chi connectivity index (χ3n) is 6.20. The van der Waals surface area contributed by atoms with Crippen molar-refractivity contribution >= 4 is 37.3 Å². The molecule has 0 spiro atoms. The predicted molar refractivity (Wildman–Crippen MR) is 150 cm³/mol. The van der Waals surface area contributed by atoms with Crippen LogP contribution in [0.25, 0.3) is 0 Å². The molecular weight excluding hydrogens is 558 g/mol. The topological polar surface area (TPSA) is 140 Å². The summed E-state index contributed by atoms with van der Waals surface area (Å²) in [7, 11) is -5.15. The smallest absolute Gasteiger partial charge is 0.262 e. The molecule has 3 aromatic carbocycles. The third kappa shape index (κ3) is 6.39. The van der Waals surface area contributed by atoms with Gasteiger partial charge in [-0.1, -0.05) is 18.2 Å². The van der Waals surface area contributed by atoms with Crippen molar-refractivity contribution in [2.45, 2.75) is 35.8 Å². The number of ether oxygens (including phenoxy) is 3. The molecule has 0 aliphatic carbocycles. The molecule has 0 radical (unpaired) electrons. The molecule has 3 aromatic rings. The molecule has 2 N–H and O–H groups in total. The van der Waals surface area contributed by atoms with Gasteiger partial charge in [0, 0.05) is 18.7 Å². The molecule has 0 bridgehead atoms. The summed E-state index contributed by atoms with van der Waals surface area (Å²) < 4.78 is 72.8. The Morgan fingerprint density at radius 2 is 1.48 bits per heavy atom. The maximum atomic E-state index is 13.3. The number of nitrogens with zero attached hydrogens (tertiary/aromatic N) is 1. The Hall–Kier alpha value is -3.65. The Balaban J connectivity index is 1.59. The Labute approximate surface area is 234 Å². The van der Waals surface area contributed by atoms with E-state index in [9.17, 15) is 21.6 Å². The van der Waals surface area contributed by atoms with Crippen molar-refractivity contribution in [3.8, 4) is 11.5 Å². The first kappa shape index (κ1) is 29.3. The molecule has 1 aliphatic heterocycles. The summed E-state index contributed by atoms with van der Waals surface area (Å²) >= 11 is 0. The molecule has 0 unspecified atom stereocenters. The molecule has 40 heavy (non-hydrogen) atoms. The number of rotatable bonds is 9. The van der Waals surface area contributed by atoms with Gasteiger partial charge in [-0.3, -0.25) is 9.52 Å². The minimum Gasteiger partial charge on any atom is -0.495 e. The van der Waals surface area contributed by atoms with Crippen molar-refractivity contribution in [3.63, 3.8) is 0 Å². The Morgan fingerprint density at radius 3 is 2.15 bits per heavy atom. The van der Waals surface area contributed by atoms with Gasteiger partial charge in [0.05, 0.1) is 47.6 Å². The molecule has 214 valence electrons. The number of morpholine rings is 1. The van der Waals surface area contributed by atoms with Gasteiger partial charge in [0.25, 0.3) is 15.9 Å². The van der Waals surface area contributed by atoms with E-state index in [4.69, 9.17) is 14.2 Å². The maximum absolute atomic E-state index is 13.3. The van der Waals surface area contributed by atoms with Gasteiger partial charge in [-0.15, -0.1) is 0 Å². The van der Waals surface area contributed by atoms with Gasteiger partial charge in [-0.05, 0) is 62.4 Å². The molecule has 1 fully saturated rings. The van der Waals surface area contributed by atoms with E-state index in [0.29, 0.717) is 5.75 Å². The van der Waals surface area contributed by atoms with Crippen LogP contribution in [0.1, 0.15) is 24.2 Å². The molecule has 0 saturated carbocycles. The first-order chi connectivity index (χ1) is 18.9. The average molecular weight is 590 g/mol. The highest BCUT2D eigenvalue weighted by molar-refractivity contribution is 7.92. The van der Waals surface area contributed by atoms with Gasteiger partial charge < -0.3 is 19.5 Å². The van der Waals surface area contributed by atoms with Crippen molar-refractivity contribution in [1.29, 1.82) is 0 Å². The van der Waals surface area contributed by atoms with Crippen LogP contribution in [0.2, 0.25) is 0 Å². The fourth-order valence-electron chi connectivity index (χ4n) is 4.35. The molecule has 1 saturated heterocycles. The third-order valence-corrected chi connectivity index (χ3v) is 9.39. The van der Waals surface area contributed by atoms with Crippen LogP contribution in [0.3, 0.4) is 0 Å². The fourth-order valence-corrected chi connectivity index (χ4v) is 7.09. The number of amides is 1. The van der Waals surface area contributed by atoms with Crippen LogP contribution in [-0.4, -0.2) is 66.6 Å². The second-order valence-electron chi connectivity index (χ2n) is 9.23. The van der Waals surface area contributed by atoms with Crippen LogP contribution in [0.5, 0.6) is 11.5 Å². The van der Waals surface area contributed by atoms with E-state index in [2.05, 4.69) is 10.0 Å². The summed E-state index contributed by atoms with van der Waals surface area (Å²) in [5.41, 5.74) is 0.394. The number of methoxy groups -OCH3 is 2. The molecule has 4 rings (SSSR count). The molecule has 11 nitrogen and oxygen atoms in total. The van der Waals surface area contributed by atoms with E-state index in [-0.39, 0.29) is 57.8 Å². The summed E-state index contributed by atoms with van der Waals surface area (Å²) in [5, 5.41) is 2.64. The lowest BCUT2D eigenvalue weighted by Gasteiger charge is -2.34. The van der Waals surface area contributed by atoms with Crippen LogP contribution < -0.4 is 19.5 Å². The monoisotopic (exact) mass is 589 g/mol. The Morgan fingerprint density at radius 1 is 0.825 bits per heavy atom. The minimum atomic E-state index is -4.07. The van der Waals surface area contributed by atoms with Crippen molar-refractivity contribution in [2.24, 2.45) is 0 Å². The van der Waals surface area contributed by atoms with Crippen molar-refractivity contribution in [1.82, 2.24) is 4.31 Å².